The van der Waals surface area contributed by atoms with Crippen LogP contribution >= 0.6 is 0 Å². The van der Waals surface area contributed by atoms with E-state index in [9.17, 15) is 4.79 Å². The molecule has 3 aromatic rings. The lowest BCUT2D eigenvalue weighted by Gasteiger charge is -2.31. The smallest absolute Gasteiger partial charge is 0.272 e. The zero-order chi connectivity index (χ0) is 18.8. The number of anilines is 2. The molecule has 1 fully saturated rings. The van der Waals surface area contributed by atoms with Gasteiger partial charge in [0, 0.05) is 30.9 Å². The Morgan fingerprint density at radius 1 is 1.11 bits per heavy atom. The lowest BCUT2D eigenvalue weighted by molar-refractivity contribution is 0.0707. The van der Waals surface area contributed by atoms with Crippen LogP contribution in [0.1, 0.15) is 34.9 Å². The molecule has 1 saturated heterocycles. The van der Waals surface area contributed by atoms with Gasteiger partial charge in [0.2, 0.25) is 5.95 Å². The van der Waals surface area contributed by atoms with Gasteiger partial charge in [-0.25, -0.2) is 9.97 Å². The molecule has 27 heavy (non-hydrogen) atoms. The third-order valence-electron chi connectivity index (χ3n) is 4.97. The Morgan fingerprint density at radius 2 is 1.85 bits per heavy atom. The molecule has 0 aliphatic carbocycles. The molecule has 1 aliphatic rings. The minimum absolute atomic E-state index is 0.0845. The molecule has 8 heteroatoms. The Morgan fingerprint density at radius 3 is 2.56 bits per heavy atom. The third kappa shape index (κ3) is 3.33. The monoisotopic (exact) mass is 363 g/mol. The van der Waals surface area contributed by atoms with Gasteiger partial charge in [-0.05, 0) is 24.5 Å². The van der Waals surface area contributed by atoms with Gasteiger partial charge in [-0.3, -0.25) is 9.89 Å². The summed E-state index contributed by atoms with van der Waals surface area (Å²) in [6.45, 7) is 1.28. The average molecular weight is 363 g/mol. The summed E-state index contributed by atoms with van der Waals surface area (Å²) in [6, 6.07) is 11.5. The molecule has 0 atom stereocenters. The van der Waals surface area contributed by atoms with Crippen molar-refractivity contribution >= 4 is 17.7 Å². The lowest BCUT2D eigenvalue weighted by atomic mass is 9.93. The molecule has 1 amide bonds. The van der Waals surface area contributed by atoms with E-state index in [1.165, 1.54) is 0 Å². The standard InChI is InChI=1S/C19H21N7O/c20-17-15(13-4-2-1-3-5-13)16(24-25-17)18(27)26-10-7-12(8-11-26)14-6-9-22-19(21)23-14/h1-6,9,12H,7-8,10-11H2,(H3,20,24,25)(H2,21,22,23). The molecule has 2 aromatic heterocycles. The van der Waals surface area contributed by atoms with Crippen LogP contribution < -0.4 is 11.5 Å². The first-order valence-electron chi connectivity index (χ1n) is 8.90. The van der Waals surface area contributed by atoms with Crippen LogP contribution in [0.2, 0.25) is 0 Å². The highest BCUT2D eigenvalue weighted by molar-refractivity contribution is 6.01. The Bertz CT molecular complexity index is 946. The van der Waals surface area contributed by atoms with E-state index in [1.807, 2.05) is 41.3 Å². The fourth-order valence-electron chi connectivity index (χ4n) is 3.56. The minimum Gasteiger partial charge on any atom is -0.382 e. The number of amides is 1. The zero-order valence-corrected chi connectivity index (χ0v) is 14.8. The topological polar surface area (TPSA) is 127 Å². The van der Waals surface area contributed by atoms with Gasteiger partial charge in [0.15, 0.2) is 5.82 Å². The second-order valence-electron chi connectivity index (χ2n) is 6.63. The summed E-state index contributed by atoms with van der Waals surface area (Å²) in [5, 5.41) is 6.87. The maximum Gasteiger partial charge on any atom is 0.272 e. The average Bonchev–Trinajstić information content (AvgIpc) is 3.09. The number of aromatic amines is 1. The number of piperidine rings is 1. The Balaban J connectivity index is 1.51. The van der Waals surface area contributed by atoms with Crippen molar-refractivity contribution in [2.45, 2.75) is 18.8 Å². The van der Waals surface area contributed by atoms with E-state index in [0.717, 1.165) is 24.1 Å². The van der Waals surface area contributed by atoms with E-state index in [0.29, 0.717) is 30.2 Å². The minimum atomic E-state index is -0.0845. The highest BCUT2D eigenvalue weighted by Crippen LogP contribution is 2.31. The largest absolute Gasteiger partial charge is 0.382 e. The molecule has 0 saturated carbocycles. The van der Waals surface area contributed by atoms with Crippen molar-refractivity contribution in [2.24, 2.45) is 0 Å². The Hall–Kier alpha value is -3.42. The molecular formula is C19H21N7O. The fourth-order valence-corrected chi connectivity index (χ4v) is 3.56. The van der Waals surface area contributed by atoms with Crippen LogP contribution in [0.15, 0.2) is 42.6 Å². The fraction of sp³-hybridized carbons (Fsp3) is 0.263. The molecule has 0 unspecified atom stereocenters. The molecule has 3 heterocycles. The number of likely N-dealkylation sites (tertiary alicyclic amines) is 1. The van der Waals surface area contributed by atoms with E-state index in [4.69, 9.17) is 11.5 Å². The van der Waals surface area contributed by atoms with Crippen molar-refractivity contribution in [3.8, 4) is 11.1 Å². The van der Waals surface area contributed by atoms with Gasteiger partial charge < -0.3 is 16.4 Å². The third-order valence-corrected chi connectivity index (χ3v) is 4.97. The van der Waals surface area contributed by atoms with E-state index in [-0.39, 0.29) is 17.8 Å². The van der Waals surface area contributed by atoms with Crippen molar-refractivity contribution in [3.05, 3.63) is 54.0 Å². The number of rotatable bonds is 3. The summed E-state index contributed by atoms with van der Waals surface area (Å²) in [5.41, 5.74) is 14.6. The van der Waals surface area contributed by atoms with Crippen LogP contribution in [0.4, 0.5) is 11.8 Å². The number of aromatic nitrogens is 4. The summed E-state index contributed by atoms with van der Waals surface area (Å²) >= 11 is 0. The highest BCUT2D eigenvalue weighted by atomic mass is 16.2. The van der Waals surface area contributed by atoms with Gasteiger partial charge in [0.1, 0.15) is 5.69 Å². The normalized spacial score (nSPS) is 15.0. The molecule has 4 rings (SSSR count). The lowest BCUT2D eigenvalue weighted by Crippen LogP contribution is -2.38. The van der Waals surface area contributed by atoms with Crippen LogP contribution in [0.3, 0.4) is 0 Å². The number of nitrogen functional groups attached to an aromatic ring is 2. The van der Waals surface area contributed by atoms with Crippen LogP contribution in [-0.2, 0) is 0 Å². The number of carbonyl (C=O) groups is 1. The van der Waals surface area contributed by atoms with Gasteiger partial charge in [0.05, 0.1) is 5.56 Å². The van der Waals surface area contributed by atoms with Crippen LogP contribution in [0, 0.1) is 0 Å². The zero-order valence-electron chi connectivity index (χ0n) is 14.8. The first kappa shape index (κ1) is 17.0. The predicted octanol–water partition coefficient (Wildman–Crippen LogP) is 2.05. The maximum atomic E-state index is 13.1. The maximum absolute atomic E-state index is 13.1. The van der Waals surface area contributed by atoms with E-state index in [2.05, 4.69) is 20.2 Å². The highest BCUT2D eigenvalue weighted by Gasteiger charge is 2.28. The first-order chi connectivity index (χ1) is 13.1. The molecule has 0 bridgehead atoms. The van der Waals surface area contributed by atoms with Gasteiger partial charge in [-0.1, -0.05) is 30.3 Å². The van der Waals surface area contributed by atoms with Crippen molar-refractivity contribution in [3.63, 3.8) is 0 Å². The van der Waals surface area contributed by atoms with Gasteiger partial charge >= 0.3 is 0 Å². The molecular weight excluding hydrogens is 342 g/mol. The Labute approximate surface area is 156 Å². The first-order valence-corrected chi connectivity index (χ1v) is 8.90. The van der Waals surface area contributed by atoms with Gasteiger partial charge in [0.25, 0.3) is 5.91 Å². The number of carbonyl (C=O) groups excluding carboxylic acids is 1. The summed E-state index contributed by atoms with van der Waals surface area (Å²) in [6.07, 6.45) is 3.33. The number of nitrogens with two attached hydrogens (primary N) is 2. The summed E-state index contributed by atoms with van der Waals surface area (Å²) in [5.74, 6) is 0.806. The van der Waals surface area contributed by atoms with E-state index in [1.54, 1.807) is 6.20 Å². The second kappa shape index (κ2) is 7.06. The van der Waals surface area contributed by atoms with Gasteiger partial charge in [-0.15, -0.1) is 0 Å². The number of nitrogens with one attached hydrogen (secondary N) is 1. The van der Waals surface area contributed by atoms with Crippen molar-refractivity contribution in [1.82, 2.24) is 25.1 Å². The molecule has 5 N–H and O–H groups in total. The SMILES string of the molecule is Nc1nccc(C2CCN(C(=O)c3[nH]nc(N)c3-c3ccccc3)CC2)n1. The number of H-pyrrole nitrogens is 1. The summed E-state index contributed by atoms with van der Waals surface area (Å²) < 4.78 is 0. The molecule has 8 nitrogen and oxygen atoms in total. The van der Waals surface area contributed by atoms with Crippen molar-refractivity contribution < 1.29 is 4.79 Å². The molecule has 1 aliphatic heterocycles. The predicted molar refractivity (Wildman–Crippen MR) is 103 cm³/mol. The van der Waals surface area contributed by atoms with Gasteiger partial charge in [-0.2, -0.15) is 5.10 Å². The van der Waals surface area contributed by atoms with Crippen LogP contribution in [0.25, 0.3) is 11.1 Å². The number of nitrogens with zero attached hydrogens (tertiary/aromatic N) is 4. The number of hydrogen-bond acceptors (Lipinski definition) is 6. The molecule has 0 radical (unpaired) electrons. The summed E-state index contributed by atoms with van der Waals surface area (Å²) in [4.78, 5) is 23.1. The molecule has 0 spiro atoms. The second-order valence-corrected chi connectivity index (χ2v) is 6.63. The number of benzene rings is 1. The van der Waals surface area contributed by atoms with Crippen molar-refractivity contribution in [2.75, 3.05) is 24.6 Å². The van der Waals surface area contributed by atoms with Crippen LogP contribution in [0.5, 0.6) is 0 Å². The van der Waals surface area contributed by atoms with E-state index < -0.39 is 0 Å². The number of hydrogen-bond donors (Lipinski definition) is 3. The molecule has 138 valence electrons. The molecule has 1 aromatic carbocycles. The Kier molecular flexibility index (Phi) is 4.45. The summed E-state index contributed by atoms with van der Waals surface area (Å²) in [7, 11) is 0. The van der Waals surface area contributed by atoms with E-state index >= 15 is 0 Å². The van der Waals surface area contributed by atoms with Crippen molar-refractivity contribution in [1.29, 1.82) is 0 Å². The van der Waals surface area contributed by atoms with Crippen LogP contribution in [-0.4, -0.2) is 44.1 Å². The quantitative estimate of drug-likeness (QED) is 0.653.